The van der Waals surface area contributed by atoms with Gasteiger partial charge in [-0.05, 0) is 37.5 Å². The Bertz CT molecular complexity index is 798. The lowest BCUT2D eigenvalue weighted by Crippen LogP contribution is -2.47. The van der Waals surface area contributed by atoms with Crippen molar-refractivity contribution in [2.75, 3.05) is 39.2 Å². The highest BCUT2D eigenvalue weighted by Gasteiger charge is 2.22. The molecule has 0 saturated carbocycles. The number of aromatic nitrogens is 3. The second-order valence-electron chi connectivity index (χ2n) is 7.51. The number of ether oxygens (including phenoxy) is 1. The molecule has 0 fully saturated rings. The molecular formula is C21H33N7O. The van der Waals surface area contributed by atoms with Gasteiger partial charge in [-0.1, -0.05) is 12.1 Å². The van der Waals surface area contributed by atoms with Crippen LogP contribution in [0.25, 0.3) is 0 Å². The predicted molar refractivity (Wildman–Crippen MR) is 116 cm³/mol. The fourth-order valence-electron chi connectivity index (χ4n) is 3.44. The van der Waals surface area contributed by atoms with Gasteiger partial charge < -0.3 is 20.3 Å². The number of anilines is 1. The highest BCUT2D eigenvalue weighted by Crippen LogP contribution is 2.14. The summed E-state index contributed by atoms with van der Waals surface area (Å²) < 4.78 is 7.13. The molecule has 1 atom stereocenters. The Labute approximate surface area is 173 Å². The Hall–Kier alpha value is -2.61. The van der Waals surface area contributed by atoms with Gasteiger partial charge in [0.15, 0.2) is 11.8 Å². The van der Waals surface area contributed by atoms with Crippen LogP contribution in [0.15, 0.2) is 29.3 Å². The lowest BCUT2D eigenvalue weighted by atomic mass is 10.1. The Balaban J connectivity index is 1.55. The van der Waals surface area contributed by atoms with Gasteiger partial charge in [0.1, 0.15) is 12.4 Å². The lowest BCUT2D eigenvalue weighted by Gasteiger charge is -2.25. The van der Waals surface area contributed by atoms with Gasteiger partial charge in [-0.15, -0.1) is 0 Å². The van der Waals surface area contributed by atoms with Gasteiger partial charge in [0.2, 0.25) is 0 Å². The van der Waals surface area contributed by atoms with E-state index in [0.29, 0.717) is 6.61 Å². The molecule has 1 aromatic heterocycles. The number of rotatable bonds is 8. The minimum absolute atomic E-state index is 0.289. The molecule has 0 bridgehead atoms. The molecule has 1 aliphatic rings. The van der Waals surface area contributed by atoms with Crippen molar-refractivity contribution in [3.63, 3.8) is 0 Å². The van der Waals surface area contributed by atoms with Gasteiger partial charge in [0.05, 0.1) is 6.54 Å². The molecule has 8 heteroatoms. The van der Waals surface area contributed by atoms with Crippen LogP contribution in [0.1, 0.15) is 30.6 Å². The zero-order chi connectivity index (χ0) is 20.6. The van der Waals surface area contributed by atoms with Crippen LogP contribution in [0.4, 0.5) is 5.69 Å². The Morgan fingerprint density at radius 2 is 2.10 bits per heavy atom. The van der Waals surface area contributed by atoms with E-state index in [1.54, 1.807) is 7.11 Å². The Morgan fingerprint density at radius 1 is 1.31 bits per heavy atom. The van der Waals surface area contributed by atoms with Crippen LogP contribution in [-0.4, -0.2) is 61.1 Å². The number of aryl methyl sites for hydroxylation is 1. The molecule has 0 amide bonds. The molecule has 1 aliphatic heterocycles. The predicted octanol–water partition coefficient (Wildman–Crippen LogP) is 1.60. The van der Waals surface area contributed by atoms with Crippen molar-refractivity contribution in [2.24, 2.45) is 4.99 Å². The third-order valence-electron chi connectivity index (χ3n) is 4.98. The number of nitrogens with zero attached hydrogens (tertiary/aromatic N) is 5. The summed E-state index contributed by atoms with van der Waals surface area (Å²) in [5.41, 5.74) is 2.51. The molecular weight excluding hydrogens is 366 g/mol. The quantitative estimate of drug-likeness (QED) is 0.519. The maximum atomic E-state index is 5.14. The van der Waals surface area contributed by atoms with E-state index >= 15 is 0 Å². The summed E-state index contributed by atoms with van der Waals surface area (Å²) in [6, 6.07) is 8.94. The molecule has 0 saturated heterocycles. The summed E-state index contributed by atoms with van der Waals surface area (Å²) in [4.78, 5) is 11.4. The largest absolute Gasteiger partial charge is 0.378 e. The highest BCUT2D eigenvalue weighted by molar-refractivity contribution is 5.80. The van der Waals surface area contributed by atoms with Crippen LogP contribution in [0.2, 0.25) is 0 Å². The van der Waals surface area contributed by atoms with E-state index in [4.69, 9.17) is 9.73 Å². The van der Waals surface area contributed by atoms with Crippen molar-refractivity contribution in [2.45, 2.75) is 45.4 Å². The summed E-state index contributed by atoms with van der Waals surface area (Å²) in [6.07, 6.45) is 2.84. The maximum absolute atomic E-state index is 5.14. The van der Waals surface area contributed by atoms with E-state index in [-0.39, 0.29) is 6.04 Å². The number of methoxy groups -OCH3 is 1. The van der Waals surface area contributed by atoms with Crippen molar-refractivity contribution >= 4 is 11.6 Å². The van der Waals surface area contributed by atoms with Crippen molar-refractivity contribution in [3.05, 3.63) is 41.5 Å². The number of hydrogen-bond acceptors (Lipinski definition) is 5. The monoisotopic (exact) mass is 399 g/mol. The molecule has 2 aromatic rings. The fourth-order valence-corrected chi connectivity index (χ4v) is 3.44. The number of hydrogen-bond donors (Lipinski definition) is 2. The topological polar surface area (TPSA) is 79.6 Å². The van der Waals surface area contributed by atoms with Gasteiger partial charge >= 0.3 is 0 Å². The van der Waals surface area contributed by atoms with E-state index in [0.717, 1.165) is 56.5 Å². The first-order valence-corrected chi connectivity index (χ1v) is 10.3. The molecule has 1 unspecified atom stereocenters. The third-order valence-corrected chi connectivity index (χ3v) is 4.98. The van der Waals surface area contributed by atoms with E-state index in [1.165, 1.54) is 11.3 Å². The second kappa shape index (κ2) is 10.2. The van der Waals surface area contributed by atoms with Crippen LogP contribution < -0.4 is 15.5 Å². The number of fused-ring (bicyclic) bond motifs is 1. The molecule has 158 valence electrons. The minimum Gasteiger partial charge on any atom is -0.378 e. The molecule has 0 aliphatic carbocycles. The second-order valence-corrected chi connectivity index (χ2v) is 7.51. The first-order valence-electron chi connectivity index (χ1n) is 10.3. The first-order chi connectivity index (χ1) is 14.1. The normalized spacial score (nSPS) is 16.4. The van der Waals surface area contributed by atoms with Gasteiger partial charge in [0.25, 0.3) is 0 Å². The van der Waals surface area contributed by atoms with Crippen molar-refractivity contribution in [3.8, 4) is 0 Å². The fraction of sp³-hybridized carbons (Fsp3) is 0.571. The number of benzene rings is 1. The van der Waals surface area contributed by atoms with Gasteiger partial charge in [-0.2, -0.15) is 5.10 Å². The van der Waals surface area contributed by atoms with Crippen molar-refractivity contribution < 1.29 is 4.74 Å². The van der Waals surface area contributed by atoms with Gasteiger partial charge in [-0.25, -0.2) is 9.67 Å². The van der Waals surface area contributed by atoms with Crippen LogP contribution in [0.3, 0.4) is 0 Å². The van der Waals surface area contributed by atoms with E-state index in [1.807, 2.05) is 4.68 Å². The zero-order valence-electron chi connectivity index (χ0n) is 18.0. The standard InChI is InChI=1S/C21H33N7O/c1-5-22-21(23-13-12-16-6-9-18(10-7-16)27(2)3)24-17-8-11-20-25-19(15-29-4)26-28(20)14-17/h6-7,9-10,17H,5,8,11-15H2,1-4H3,(H2,22,23,24). The summed E-state index contributed by atoms with van der Waals surface area (Å²) >= 11 is 0. The average Bonchev–Trinajstić information content (AvgIpc) is 3.10. The number of aliphatic imine (C=N–C) groups is 1. The van der Waals surface area contributed by atoms with E-state index in [2.05, 4.69) is 70.9 Å². The lowest BCUT2D eigenvalue weighted by molar-refractivity contribution is 0.177. The van der Waals surface area contributed by atoms with Crippen LogP contribution >= 0.6 is 0 Å². The maximum Gasteiger partial charge on any atom is 0.191 e. The molecule has 29 heavy (non-hydrogen) atoms. The highest BCUT2D eigenvalue weighted by atomic mass is 16.5. The molecule has 2 N–H and O–H groups in total. The van der Waals surface area contributed by atoms with Crippen LogP contribution in [0, 0.1) is 0 Å². The Morgan fingerprint density at radius 3 is 2.79 bits per heavy atom. The van der Waals surface area contributed by atoms with Crippen LogP contribution in [0.5, 0.6) is 0 Å². The smallest absolute Gasteiger partial charge is 0.191 e. The third kappa shape index (κ3) is 5.93. The zero-order valence-corrected chi connectivity index (χ0v) is 18.0. The molecule has 3 rings (SSSR count). The number of nitrogens with one attached hydrogen (secondary N) is 2. The average molecular weight is 400 g/mol. The molecule has 0 radical (unpaired) electrons. The molecule has 8 nitrogen and oxygen atoms in total. The summed E-state index contributed by atoms with van der Waals surface area (Å²) in [6.45, 7) is 4.92. The number of guanidine groups is 1. The summed E-state index contributed by atoms with van der Waals surface area (Å²) in [7, 11) is 5.78. The summed E-state index contributed by atoms with van der Waals surface area (Å²) in [5, 5.41) is 11.5. The van der Waals surface area contributed by atoms with E-state index in [9.17, 15) is 0 Å². The first kappa shape index (κ1) is 21.1. The minimum atomic E-state index is 0.289. The SMILES string of the molecule is CCNC(=NCCc1ccc(N(C)C)cc1)NC1CCc2nc(COC)nn2C1. The van der Waals surface area contributed by atoms with E-state index < -0.39 is 0 Å². The van der Waals surface area contributed by atoms with Crippen LogP contribution in [-0.2, 0) is 30.7 Å². The van der Waals surface area contributed by atoms with Gasteiger partial charge in [-0.3, -0.25) is 4.99 Å². The van der Waals surface area contributed by atoms with Crippen molar-refractivity contribution in [1.82, 2.24) is 25.4 Å². The molecule has 0 spiro atoms. The molecule has 1 aromatic carbocycles. The Kier molecular flexibility index (Phi) is 7.46. The van der Waals surface area contributed by atoms with Crippen molar-refractivity contribution in [1.29, 1.82) is 0 Å². The molecule has 2 heterocycles. The van der Waals surface area contributed by atoms with Gasteiger partial charge in [0, 0.05) is 52.4 Å². The summed E-state index contributed by atoms with van der Waals surface area (Å²) in [5.74, 6) is 2.66.